The van der Waals surface area contributed by atoms with E-state index in [1.165, 1.54) is 25.1 Å². The lowest BCUT2D eigenvalue weighted by Gasteiger charge is -2.09. The van der Waals surface area contributed by atoms with Crippen molar-refractivity contribution in [2.24, 2.45) is 5.14 Å². The zero-order chi connectivity index (χ0) is 10.9. The van der Waals surface area contributed by atoms with Crippen LogP contribution in [0.3, 0.4) is 0 Å². The van der Waals surface area contributed by atoms with E-state index in [9.17, 15) is 8.42 Å². The van der Waals surface area contributed by atoms with Gasteiger partial charge >= 0.3 is 0 Å². The van der Waals surface area contributed by atoms with Crippen LogP contribution in [0.2, 0.25) is 10.0 Å². The van der Waals surface area contributed by atoms with E-state index in [2.05, 4.69) is 0 Å². The van der Waals surface area contributed by atoms with E-state index in [0.717, 1.165) is 0 Å². The smallest absolute Gasteiger partial charge is 0.215 e. The van der Waals surface area contributed by atoms with Crippen molar-refractivity contribution < 1.29 is 8.42 Å². The average Bonchev–Trinajstić information content (AvgIpc) is 1.99. The maximum atomic E-state index is 11.0. The third kappa shape index (κ3) is 2.85. The third-order valence-corrected chi connectivity index (χ3v) is 3.54. The number of rotatable bonds is 2. The highest BCUT2D eigenvalue weighted by Gasteiger charge is 2.18. The molecule has 0 saturated carbocycles. The topological polar surface area (TPSA) is 60.2 Å². The first-order valence-corrected chi connectivity index (χ1v) is 6.15. The molecule has 78 valence electrons. The highest BCUT2D eigenvalue weighted by Crippen LogP contribution is 2.26. The van der Waals surface area contributed by atoms with Gasteiger partial charge in [-0.3, -0.25) is 0 Å². The summed E-state index contributed by atoms with van der Waals surface area (Å²) in [6, 6.07) is 4.59. The molecular formula is C8H9Cl2NO2S. The fraction of sp³-hybridized carbons (Fsp3) is 0.250. The molecule has 0 amide bonds. The molecule has 1 aromatic rings. The Hall–Kier alpha value is -0.290. The molecule has 0 aromatic heterocycles. The molecule has 0 saturated heterocycles. The predicted molar refractivity (Wildman–Crippen MR) is 58.0 cm³/mol. The van der Waals surface area contributed by atoms with Gasteiger partial charge in [0.05, 0.1) is 5.25 Å². The van der Waals surface area contributed by atoms with Crippen LogP contribution in [0.4, 0.5) is 0 Å². The molecule has 0 radical (unpaired) electrons. The van der Waals surface area contributed by atoms with Crippen molar-refractivity contribution in [3.8, 4) is 0 Å². The van der Waals surface area contributed by atoms with Gasteiger partial charge < -0.3 is 0 Å². The molecule has 1 atom stereocenters. The summed E-state index contributed by atoms with van der Waals surface area (Å²) in [5.74, 6) is 0. The van der Waals surface area contributed by atoms with Crippen LogP contribution < -0.4 is 5.14 Å². The summed E-state index contributed by atoms with van der Waals surface area (Å²) in [4.78, 5) is 0. The van der Waals surface area contributed by atoms with Gasteiger partial charge in [-0.2, -0.15) is 0 Å². The Morgan fingerprint density at radius 2 is 1.64 bits per heavy atom. The summed E-state index contributed by atoms with van der Waals surface area (Å²) < 4.78 is 22.1. The van der Waals surface area contributed by atoms with Crippen LogP contribution in [0, 0.1) is 0 Å². The van der Waals surface area contributed by atoms with Crippen molar-refractivity contribution >= 4 is 33.2 Å². The summed E-state index contributed by atoms with van der Waals surface area (Å²) in [6.45, 7) is 1.48. The highest BCUT2D eigenvalue weighted by atomic mass is 35.5. The largest absolute Gasteiger partial charge is 0.228 e. The maximum Gasteiger partial charge on any atom is 0.215 e. The molecule has 0 heterocycles. The molecule has 6 heteroatoms. The fourth-order valence-corrected chi connectivity index (χ4v) is 2.06. The second kappa shape index (κ2) is 4.06. The number of sulfonamides is 1. The Morgan fingerprint density at radius 1 is 1.21 bits per heavy atom. The first kappa shape index (κ1) is 11.8. The van der Waals surface area contributed by atoms with Crippen molar-refractivity contribution in [3.05, 3.63) is 33.8 Å². The molecule has 1 rings (SSSR count). The molecule has 2 N–H and O–H groups in total. The van der Waals surface area contributed by atoms with Crippen molar-refractivity contribution in [2.45, 2.75) is 12.2 Å². The van der Waals surface area contributed by atoms with Gasteiger partial charge in [-0.25, -0.2) is 13.6 Å². The van der Waals surface area contributed by atoms with E-state index in [1.54, 1.807) is 0 Å². The molecule has 0 spiro atoms. The molecule has 14 heavy (non-hydrogen) atoms. The highest BCUT2D eigenvalue weighted by molar-refractivity contribution is 7.89. The first-order valence-electron chi connectivity index (χ1n) is 3.78. The zero-order valence-corrected chi connectivity index (χ0v) is 9.70. The van der Waals surface area contributed by atoms with Crippen LogP contribution in [0.1, 0.15) is 17.7 Å². The van der Waals surface area contributed by atoms with Crippen molar-refractivity contribution in [3.63, 3.8) is 0 Å². The van der Waals surface area contributed by atoms with Gasteiger partial charge in [0.1, 0.15) is 0 Å². The SMILES string of the molecule is C[C@@H](c1cc(Cl)cc(Cl)c1)S(N)(=O)=O. The summed E-state index contributed by atoms with van der Waals surface area (Å²) in [7, 11) is -3.61. The predicted octanol–water partition coefficient (Wildman–Crippen LogP) is 2.34. The van der Waals surface area contributed by atoms with Crippen molar-refractivity contribution in [1.82, 2.24) is 0 Å². The van der Waals surface area contributed by atoms with Gasteiger partial charge in [0, 0.05) is 10.0 Å². The Balaban J connectivity index is 3.20. The minimum Gasteiger partial charge on any atom is -0.228 e. The van der Waals surface area contributed by atoms with E-state index in [0.29, 0.717) is 15.6 Å². The van der Waals surface area contributed by atoms with Crippen LogP contribution in [-0.2, 0) is 10.0 Å². The number of primary sulfonamides is 1. The van der Waals surface area contributed by atoms with Crippen LogP contribution >= 0.6 is 23.2 Å². The van der Waals surface area contributed by atoms with E-state index in [4.69, 9.17) is 28.3 Å². The second-order valence-electron chi connectivity index (χ2n) is 2.93. The Morgan fingerprint density at radius 3 is 2.00 bits per heavy atom. The number of benzene rings is 1. The normalized spacial score (nSPS) is 14.0. The molecule has 0 aliphatic carbocycles. The minimum absolute atomic E-state index is 0.392. The Labute approximate surface area is 92.9 Å². The number of halogens is 2. The molecule has 1 aromatic carbocycles. The van der Waals surface area contributed by atoms with E-state index < -0.39 is 15.3 Å². The van der Waals surface area contributed by atoms with Gasteiger partial charge in [-0.1, -0.05) is 23.2 Å². The number of hydrogen-bond donors (Lipinski definition) is 1. The molecule has 0 bridgehead atoms. The lowest BCUT2D eigenvalue weighted by Crippen LogP contribution is -2.19. The molecule has 0 aliphatic rings. The van der Waals surface area contributed by atoms with Gasteiger partial charge in [0.25, 0.3) is 0 Å². The lowest BCUT2D eigenvalue weighted by molar-refractivity contribution is 0.588. The quantitative estimate of drug-likeness (QED) is 0.880. The van der Waals surface area contributed by atoms with Crippen LogP contribution in [0.25, 0.3) is 0 Å². The van der Waals surface area contributed by atoms with Gasteiger partial charge in [-0.15, -0.1) is 0 Å². The molecule has 0 fully saturated rings. The van der Waals surface area contributed by atoms with Crippen LogP contribution in [-0.4, -0.2) is 8.42 Å². The number of nitrogens with two attached hydrogens (primary N) is 1. The minimum atomic E-state index is -3.61. The van der Waals surface area contributed by atoms with Gasteiger partial charge in [0.15, 0.2) is 0 Å². The average molecular weight is 254 g/mol. The van der Waals surface area contributed by atoms with E-state index in [1.807, 2.05) is 0 Å². The zero-order valence-electron chi connectivity index (χ0n) is 7.37. The summed E-state index contributed by atoms with van der Waals surface area (Å²) in [6.07, 6.45) is 0. The van der Waals surface area contributed by atoms with Crippen LogP contribution in [0.15, 0.2) is 18.2 Å². The summed E-state index contributed by atoms with van der Waals surface area (Å²) in [5.41, 5.74) is 0.491. The van der Waals surface area contributed by atoms with E-state index >= 15 is 0 Å². The monoisotopic (exact) mass is 253 g/mol. The standard InChI is InChI=1S/C8H9Cl2NO2S/c1-5(14(11,12)13)6-2-7(9)4-8(10)3-6/h2-5H,1H3,(H2,11,12,13)/t5-/m0/s1. The van der Waals surface area contributed by atoms with Crippen molar-refractivity contribution in [1.29, 1.82) is 0 Å². The summed E-state index contributed by atoms with van der Waals surface area (Å²) in [5, 5.41) is 4.97. The number of hydrogen-bond acceptors (Lipinski definition) is 2. The maximum absolute atomic E-state index is 11.0. The van der Waals surface area contributed by atoms with E-state index in [-0.39, 0.29) is 0 Å². The van der Waals surface area contributed by atoms with Crippen LogP contribution in [0.5, 0.6) is 0 Å². The van der Waals surface area contributed by atoms with Gasteiger partial charge in [0.2, 0.25) is 10.0 Å². The summed E-state index contributed by atoms with van der Waals surface area (Å²) >= 11 is 11.4. The van der Waals surface area contributed by atoms with Gasteiger partial charge in [-0.05, 0) is 30.7 Å². The lowest BCUT2D eigenvalue weighted by atomic mass is 10.2. The van der Waals surface area contributed by atoms with Crippen molar-refractivity contribution in [2.75, 3.05) is 0 Å². The third-order valence-electron chi connectivity index (χ3n) is 1.85. The molecular weight excluding hydrogens is 245 g/mol. The first-order chi connectivity index (χ1) is 6.30. The Bertz CT molecular complexity index is 424. The molecule has 3 nitrogen and oxygen atoms in total. The molecule has 0 unspecified atom stereocenters. The fourth-order valence-electron chi connectivity index (χ4n) is 1.000. The Kier molecular flexibility index (Phi) is 3.42. The molecule has 0 aliphatic heterocycles. The second-order valence-corrected chi connectivity index (χ2v) is 5.69.